The van der Waals surface area contributed by atoms with Crippen LogP contribution in [0.25, 0.3) is 11.0 Å². The first-order chi connectivity index (χ1) is 13.7. The molecule has 2 heterocycles. The molecule has 2 fully saturated rings. The first-order valence-electron chi connectivity index (χ1n) is 10.2. The number of imidazole rings is 1. The number of fused-ring (bicyclic) bond motifs is 1. The van der Waals surface area contributed by atoms with Crippen LogP contribution in [0.5, 0.6) is 0 Å². The minimum absolute atomic E-state index is 0.142. The van der Waals surface area contributed by atoms with Crippen molar-refractivity contribution in [2.75, 3.05) is 6.54 Å². The summed E-state index contributed by atoms with van der Waals surface area (Å²) in [7, 11) is 0. The van der Waals surface area contributed by atoms with Crippen LogP contribution in [0.3, 0.4) is 0 Å². The molecule has 5 rings (SSSR count). The number of nitrogens with zero attached hydrogens (tertiary/aromatic N) is 3. The van der Waals surface area contributed by atoms with Crippen LogP contribution in [-0.2, 0) is 11.3 Å². The second kappa shape index (κ2) is 7.25. The Hall–Kier alpha value is -2.33. The van der Waals surface area contributed by atoms with Crippen molar-refractivity contribution < 1.29 is 4.79 Å². The van der Waals surface area contributed by atoms with Crippen molar-refractivity contribution in [3.8, 4) is 0 Å². The fraction of sp³-hybridized carbons (Fsp3) is 0.391. The maximum absolute atomic E-state index is 12.8. The number of amides is 1. The van der Waals surface area contributed by atoms with E-state index in [1.165, 1.54) is 12.8 Å². The molecule has 144 valence electrons. The van der Waals surface area contributed by atoms with Crippen LogP contribution < -0.4 is 0 Å². The molecule has 1 aliphatic carbocycles. The van der Waals surface area contributed by atoms with E-state index in [1.54, 1.807) is 0 Å². The number of halogens is 1. The predicted molar refractivity (Wildman–Crippen MR) is 112 cm³/mol. The fourth-order valence-electron chi connectivity index (χ4n) is 4.84. The quantitative estimate of drug-likeness (QED) is 0.625. The number of benzene rings is 2. The molecule has 2 aliphatic rings. The molecule has 5 heteroatoms. The highest BCUT2D eigenvalue weighted by Crippen LogP contribution is 2.35. The van der Waals surface area contributed by atoms with Gasteiger partial charge >= 0.3 is 0 Å². The van der Waals surface area contributed by atoms with E-state index >= 15 is 0 Å². The van der Waals surface area contributed by atoms with Crippen LogP contribution in [0.4, 0.5) is 0 Å². The molecule has 1 unspecified atom stereocenters. The molecule has 0 radical (unpaired) electrons. The molecule has 0 N–H and O–H groups in total. The Bertz CT molecular complexity index is 1020. The van der Waals surface area contributed by atoms with Gasteiger partial charge in [0.25, 0.3) is 0 Å². The van der Waals surface area contributed by atoms with E-state index in [0.717, 1.165) is 46.8 Å². The maximum atomic E-state index is 12.8. The van der Waals surface area contributed by atoms with Gasteiger partial charge in [-0.1, -0.05) is 54.8 Å². The maximum Gasteiger partial charge on any atom is 0.223 e. The third-order valence-corrected chi connectivity index (χ3v) is 6.63. The van der Waals surface area contributed by atoms with E-state index in [9.17, 15) is 4.79 Å². The average molecular weight is 394 g/mol. The van der Waals surface area contributed by atoms with Crippen LogP contribution in [0.1, 0.15) is 49.4 Å². The van der Waals surface area contributed by atoms with Gasteiger partial charge in [0.05, 0.1) is 17.6 Å². The summed E-state index contributed by atoms with van der Waals surface area (Å²) in [5, 5.41) is 0.765. The van der Waals surface area contributed by atoms with Gasteiger partial charge in [-0.2, -0.15) is 0 Å². The molecule has 28 heavy (non-hydrogen) atoms. The topological polar surface area (TPSA) is 38.1 Å². The van der Waals surface area contributed by atoms with Crippen molar-refractivity contribution in [1.29, 1.82) is 0 Å². The first-order valence-corrected chi connectivity index (χ1v) is 10.6. The number of aromatic nitrogens is 2. The Morgan fingerprint density at radius 1 is 1.04 bits per heavy atom. The van der Waals surface area contributed by atoms with E-state index in [-0.39, 0.29) is 11.8 Å². The van der Waals surface area contributed by atoms with Gasteiger partial charge in [-0.25, -0.2) is 4.98 Å². The molecule has 1 saturated heterocycles. The van der Waals surface area contributed by atoms with Crippen LogP contribution in [0.15, 0.2) is 48.5 Å². The summed E-state index contributed by atoms with van der Waals surface area (Å²) >= 11 is 6.44. The fourth-order valence-corrected chi connectivity index (χ4v) is 5.04. The van der Waals surface area contributed by atoms with Crippen molar-refractivity contribution >= 4 is 28.5 Å². The summed E-state index contributed by atoms with van der Waals surface area (Å²) in [6.45, 7) is 1.46. The van der Waals surface area contributed by atoms with Crippen LogP contribution in [-0.4, -0.2) is 32.9 Å². The number of carbonyl (C=O) groups is 1. The van der Waals surface area contributed by atoms with Gasteiger partial charge in [-0.15, -0.1) is 0 Å². The Labute approximate surface area is 170 Å². The number of hydrogen-bond acceptors (Lipinski definition) is 2. The highest BCUT2D eigenvalue weighted by Gasteiger charge is 2.38. The third-order valence-electron chi connectivity index (χ3n) is 6.26. The van der Waals surface area contributed by atoms with Crippen LogP contribution in [0, 0.1) is 0 Å². The van der Waals surface area contributed by atoms with E-state index in [1.807, 2.05) is 36.4 Å². The lowest BCUT2D eigenvalue weighted by Crippen LogP contribution is -2.34. The lowest BCUT2D eigenvalue weighted by molar-refractivity contribution is -0.129. The smallest absolute Gasteiger partial charge is 0.223 e. The molecule has 1 aromatic heterocycles. The Kier molecular flexibility index (Phi) is 4.59. The summed E-state index contributed by atoms with van der Waals surface area (Å²) in [4.78, 5) is 19.8. The molecule has 1 amide bonds. The highest BCUT2D eigenvalue weighted by atomic mass is 35.5. The SMILES string of the molecule is O=C1CC(c2nc3ccccc3n2Cc2ccccc2Cl)CN1C1CCCC1. The Morgan fingerprint density at radius 2 is 1.79 bits per heavy atom. The second-order valence-corrected chi connectivity index (χ2v) is 8.43. The Balaban J connectivity index is 1.52. The molecule has 0 spiro atoms. The minimum Gasteiger partial charge on any atom is -0.339 e. The standard InChI is InChI=1S/C23H24ClN3O/c24-19-10-4-1-7-16(19)14-27-21-12-6-5-11-20(21)25-23(27)17-13-22(28)26(15-17)18-8-2-3-9-18/h1,4-7,10-12,17-18H,2-3,8-9,13-15H2. The van der Waals surface area contributed by atoms with Gasteiger partial charge in [0.1, 0.15) is 5.82 Å². The number of likely N-dealkylation sites (tertiary alicyclic amines) is 1. The molecular weight excluding hydrogens is 370 g/mol. The zero-order chi connectivity index (χ0) is 19.1. The van der Waals surface area contributed by atoms with Crippen molar-refractivity contribution in [2.24, 2.45) is 0 Å². The van der Waals surface area contributed by atoms with Crippen molar-refractivity contribution in [1.82, 2.24) is 14.5 Å². The number of para-hydroxylation sites is 2. The zero-order valence-electron chi connectivity index (χ0n) is 15.9. The van der Waals surface area contributed by atoms with Gasteiger partial charge in [0, 0.05) is 29.9 Å². The van der Waals surface area contributed by atoms with E-state index < -0.39 is 0 Å². The molecule has 1 saturated carbocycles. The molecular formula is C23H24ClN3O. The summed E-state index contributed by atoms with van der Waals surface area (Å²) in [6, 6.07) is 16.6. The molecule has 0 bridgehead atoms. The molecule has 1 aliphatic heterocycles. The monoisotopic (exact) mass is 393 g/mol. The predicted octanol–water partition coefficient (Wildman–Crippen LogP) is 5.00. The number of rotatable bonds is 4. The van der Waals surface area contributed by atoms with E-state index in [2.05, 4.69) is 21.6 Å². The van der Waals surface area contributed by atoms with Gasteiger partial charge in [0.2, 0.25) is 5.91 Å². The highest BCUT2D eigenvalue weighted by molar-refractivity contribution is 6.31. The molecule has 1 atom stereocenters. The zero-order valence-corrected chi connectivity index (χ0v) is 16.6. The van der Waals surface area contributed by atoms with Crippen molar-refractivity contribution in [2.45, 2.75) is 50.6 Å². The van der Waals surface area contributed by atoms with Gasteiger partial charge < -0.3 is 9.47 Å². The summed E-state index contributed by atoms with van der Waals surface area (Å²) in [6.07, 6.45) is 5.33. The summed E-state index contributed by atoms with van der Waals surface area (Å²) in [5.41, 5.74) is 3.16. The number of hydrogen-bond donors (Lipinski definition) is 0. The molecule has 3 aromatic rings. The normalized spacial score (nSPS) is 20.5. The number of carbonyl (C=O) groups excluding carboxylic acids is 1. The largest absolute Gasteiger partial charge is 0.339 e. The van der Waals surface area contributed by atoms with Crippen LogP contribution in [0.2, 0.25) is 5.02 Å². The van der Waals surface area contributed by atoms with E-state index in [0.29, 0.717) is 19.0 Å². The van der Waals surface area contributed by atoms with Gasteiger partial charge in [0.15, 0.2) is 0 Å². The molecule has 2 aromatic carbocycles. The van der Waals surface area contributed by atoms with Crippen LogP contribution >= 0.6 is 11.6 Å². The third kappa shape index (κ3) is 3.10. The second-order valence-electron chi connectivity index (χ2n) is 8.02. The summed E-state index contributed by atoms with van der Waals surface area (Å²) < 4.78 is 2.26. The lowest BCUT2D eigenvalue weighted by Gasteiger charge is -2.24. The molecule has 4 nitrogen and oxygen atoms in total. The summed E-state index contributed by atoms with van der Waals surface area (Å²) in [5.74, 6) is 1.44. The van der Waals surface area contributed by atoms with E-state index in [4.69, 9.17) is 16.6 Å². The van der Waals surface area contributed by atoms with Gasteiger partial charge in [-0.3, -0.25) is 4.79 Å². The average Bonchev–Trinajstić information content (AvgIpc) is 3.42. The Morgan fingerprint density at radius 3 is 2.61 bits per heavy atom. The first kappa shape index (κ1) is 17.7. The van der Waals surface area contributed by atoms with Crippen molar-refractivity contribution in [3.05, 3.63) is 64.9 Å². The lowest BCUT2D eigenvalue weighted by atomic mass is 10.1. The minimum atomic E-state index is 0.142. The van der Waals surface area contributed by atoms with Crippen molar-refractivity contribution in [3.63, 3.8) is 0 Å². The van der Waals surface area contributed by atoms with Gasteiger partial charge in [-0.05, 0) is 36.6 Å².